The molecule has 3 fully saturated rings. The Kier molecular flexibility index (Phi) is 13.6. The van der Waals surface area contributed by atoms with E-state index in [0.29, 0.717) is 72.8 Å². The van der Waals surface area contributed by atoms with Crippen LogP contribution in [0.1, 0.15) is 101 Å². The van der Waals surface area contributed by atoms with Gasteiger partial charge < -0.3 is 25.1 Å². The summed E-state index contributed by atoms with van der Waals surface area (Å²) in [6, 6.07) is 28.8. The average molecular weight is 1020 g/mol. The van der Waals surface area contributed by atoms with Crippen LogP contribution >= 0.6 is 11.3 Å². The summed E-state index contributed by atoms with van der Waals surface area (Å²) in [5, 5.41) is 23.6. The van der Waals surface area contributed by atoms with Crippen molar-refractivity contribution in [2.45, 2.75) is 83.4 Å². The van der Waals surface area contributed by atoms with Gasteiger partial charge >= 0.3 is 5.97 Å². The highest BCUT2D eigenvalue weighted by Gasteiger charge is 2.43. The zero-order valence-corrected chi connectivity index (χ0v) is 42.8. The number of ether oxygens (including phenoxy) is 1. The molecule has 6 aromatic rings. The zero-order chi connectivity index (χ0) is 51.2. The van der Waals surface area contributed by atoms with Crippen LogP contribution < -0.4 is 30.6 Å². The highest BCUT2D eigenvalue weighted by Crippen LogP contribution is 2.46. The molecular weight excluding hydrogens is 955 g/mol. The lowest BCUT2D eigenvalue weighted by atomic mass is 9.86. The van der Waals surface area contributed by atoms with E-state index < -0.39 is 5.97 Å². The molecule has 4 unspecified atom stereocenters. The number of pyridine rings is 1. The molecule has 0 bridgehead atoms. The maximum absolute atomic E-state index is 13.6. The second-order valence-corrected chi connectivity index (χ2v) is 21.7. The van der Waals surface area contributed by atoms with E-state index in [4.69, 9.17) is 9.72 Å². The van der Waals surface area contributed by atoms with Gasteiger partial charge in [-0.3, -0.25) is 34.7 Å². The summed E-state index contributed by atoms with van der Waals surface area (Å²) in [6.45, 7) is 5.11. The van der Waals surface area contributed by atoms with Gasteiger partial charge in [0.05, 0.1) is 40.5 Å². The van der Waals surface area contributed by atoms with Crippen LogP contribution in [0.15, 0.2) is 91.0 Å². The molecule has 0 spiro atoms. The van der Waals surface area contributed by atoms with Crippen molar-refractivity contribution in [3.05, 3.63) is 125 Å². The first kappa shape index (κ1) is 49.0. The predicted molar refractivity (Wildman–Crippen MR) is 286 cm³/mol. The fourth-order valence-corrected chi connectivity index (χ4v) is 13.0. The number of fused-ring (bicyclic) bond motifs is 3. The normalized spacial score (nSPS) is 21.3. The number of para-hydroxylation sites is 1. The van der Waals surface area contributed by atoms with E-state index in [2.05, 4.69) is 25.8 Å². The van der Waals surface area contributed by atoms with Gasteiger partial charge in [-0.25, -0.2) is 19.8 Å². The number of nitrogens with zero attached hydrogens (tertiary/aromatic N) is 6. The largest absolute Gasteiger partial charge is 0.490 e. The third kappa shape index (κ3) is 10.1. The minimum atomic E-state index is -1.11. The number of aryl methyl sites for hydroxylation is 1. The minimum Gasteiger partial charge on any atom is -0.490 e. The molecule has 4 aromatic carbocycles. The first-order valence-electron chi connectivity index (χ1n) is 25.8. The van der Waals surface area contributed by atoms with E-state index in [1.54, 1.807) is 0 Å². The summed E-state index contributed by atoms with van der Waals surface area (Å²) in [5.41, 5.74) is 8.22. The molecule has 17 heteroatoms. The van der Waals surface area contributed by atoms with Gasteiger partial charge in [0, 0.05) is 50.4 Å². The number of aromatic nitrogens is 2. The number of benzene rings is 4. The van der Waals surface area contributed by atoms with Gasteiger partial charge in [-0.15, -0.1) is 0 Å². The van der Waals surface area contributed by atoms with Gasteiger partial charge in [0.25, 0.3) is 5.91 Å². The quantitative estimate of drug-likeness (QED) is 0.0804. The maximum atomic E-state index is 13.6. The second kappa shape index (κ2) is 20.6. The topological polar surface area (TPSA) is 190 Å². The number of carboxylic acid groups (broad SMARTS) is 1. The van der Waals surface area contributed by atoms with Gasteiger partial charge in [0.2, 0.25) is 17.7 Å². The molecular formula is C57H61N9O7S. The Hall–Kier alpha value is -7.21. The van der Waals surface area contributed by atoms with Crippen LogP contribution in [0.3, 0.4) is 0 Å². The van der Waals surface area contributed by atoms with Crippen molar-refractivity contribution < 1.29 is 33.8 Å². The molecule has 1 aliphatic carbocycles. The van der Waals surface area contributed by atoms with Crippen LogP contribution in [0.5, 0.6) is 5.75 Å². The Balaban J connectivity index is 0.655. The molecule has 4 atom stereocenters. The first-order chi connectivity index (χ1) is 35.8. The molecule has 1 saturated carbocycles. The molecule has 4 aliphatic heterocycles. The Morgan fingerprint density at radius 2 is 1.66 bits per heavy atom. The van der Waals surface area contributed by atoms with Crippen molar-refractivity contribution >= 4 is 73.5 Å². The molecule has 0 radical (unpaired) electrons. The fraction of sp³-hybridized carbons (Fsp3) is 0.386. The predicted octanol–water partition coefficient (Wildman–Crippen LogP) is 8.86. The third-order valence-corrected chi connectivity index (χ3v) is 16.9. The molecule has 16 nitrogen and oxygen atoms in total. The summed E-state index contributed by atoms with van der Waals surface area (Å²) >= 11 is 1.43. The fourth-order valence-electron chi connectivity index (χ4n) is 12.1. The number of imide groups is 1. The Labute approximate surface area is 434 Å². The zero-order valence-electron chi connectivity index (χ0n) is 41.9. The molecule has 74 heavy (non-hydrogen) atoms. The number of hydrogen-bond acceptors (Lipinski definition) is 13. The van der Waals surface area contributed by atoms with E-state index in [0.717, 1.165) is 107 Å². The number of nitrogens with one attached hydrogen (secondary N) is 3. The molecule has 382 valence electrons. The van der Waals surface area contributed by atoms with Crippen LogP contribution in [0, 0.1) is 24.7 Å². The van der Waals surface area contributed by atoms with Crippen molar-refractivity contribution in [1.29, 1.82) is 0 Å². The molecule has 6 heterocycles. The number of anilines is 4. The van der Waals surface area contributed by atoms with Crippen molar-refractivity contribution in [3.8, 4) is 16.9 Å². The van der Waals surface area contributed by atoms with E-state index in [1.807, 2.05) is 127 Å². The summed E-state index contributed by atoms with van der Waals surface area (Å²) < 4.78 is 7.57. The van der Waals surface area contributed by atoms with Crippen LogP contribution in [0.2, 0.25) is 0 Å². The number of piperidine rings is 2. The van der Waals surface area contributed by atoms with Crippen molar-refractivity contribution in [2.24, 2.45) is 17.8 Å². The average Bonchev–Trinajstić information content (AvgIpc) is 4.08. The Bertz CT molecular complexity index is 3160. The number of aromatic carboxylic acids is 1. The molecule has 11 rings (SSSR count). The Morgan fingerprint density at radius 1 is 0.838 bits per heavy atom. The summed E-state index contributed by atoms with van der Waals surface area (Å²) in [7, 11) is 3.89. The number of carbonyl (C=O) groups is 5. The van der Waals surface area contributed by atoms with Gasteiger partial charge in [-0.2, -0.15) is 0 Å². The van der Waals surface area contributed by atoms with Crippen LogP contribution in [0.25, 0.3) is 21.3 Å². The third-order valence-electron chi connectivity index (χ3n) is 16.0. The van der Waals surface area contributed by atoms with Crippen molar-refractivity contribution in [2.75, 3.05) is 60.8 Å². The lowest BCUT2D eigenvalue weighted by Gasteiger charge is -2.33. The smallest absolute Gasteiger partial charge is 0.355 e. The van der Waals surface area contributed by atoms with Crippen LogP contribution in [-0.4, -0.2) is 101 Å². The van der Waals surface area contributed by atoms with Crippen LogP contribution in [-0.2, 0) is 27.3 Å². The summed E-state index contributed by atoms with van der Waals surface area (Å²) in [5.74, 6) is 0.316. The monoisotopic (exact) mass is 1020 g/mol. The number of hydrogen-bond donors (Lipinski definition) is 4. The summed E-state index contributed by atoms with van der Waals surface area (Å²) in [6.07, 6.45) is 7.99. The standard InChI is InChI=1S/C57H61N9O7S/c1-33-27-38(14-16-40(33)41-17-19-49(60-52(41)56(71)72)66-26-23-36-7-6-8-42(45(36)31-66)54(69)62-57-59-46-9-4-5-10-48(46)74-57)73-39-13-11-35(29-39)28-34-21-24-65(25-22-34)32-51(68)58-37-12-15-43-47(30-37)63(2)64(3)53(43)44-18-20-50(67)61-55(44)70/h4-10,12,14-17,19,27,30,34-35,39,44,53H,11,13,18,20-26,28-29,31-32H2,1-3H3,(H,58,68)(H,71,72)(H,59,62,69)(H,61,67,70). The lowest BCUT2D eigenvalue weighted by molar-refractivity contribution is -0.138. The second-order valence-electron chi connectivity index (χ2n) is 20.7. The number of likely N-dealkylation sites (tertiary alicyclic amines) is 1. The minimum absolute atomic E-state index is 0.0275. The van der Waals surface area contributed by atoms with Crippen molar-refractivity contribution in [1.82, 2.24) is 25.2 Å². The van der Waals surface area contributed by atoms with Crippen LogP contribution in [0.4, 0.5) is 22.3 Å². The number of hydrazine groups is 1. The van der Waals surface area contributed by atoms with E-state index >= 15 is 0 Å². The van der Waals surface area contributed by atoms with E-state index in [-0.39, 0.29) is 47.4 Å². The highest BCUT2D eigenvalue weighted by molar-refractivity contribution is 7.22. The highest BCUT2D eigenvalue weighted by atomic mass is 32.1. The number of rotatable bonds is 13. The number of thiazole rings is 1. The SMILES string of the molecule is Cc1cc(OC2CCC(CC3CCN(CC(=O)Nc4ccc5c(c4)N(C)N(C)C5C4CCC(=O)NC4=O)CC3)C2)ccc1-c1ccc(N2CCc3cccc(C(=O)Nc4nc5ccccc5s4)c3C2)nc1C(=O)O. The molecule has 5 aliphatic rings. The number of carboxylic acids is 1. The maximum Gasteiger partial charge on any atom is 0.355 e. The molecule has 2 saturated heterocycles. The van der Waals surface area contributed by atoms with Crippen molar-refractivity contribution in [3.63, 3.8) is 0 Å². The summed E-state index contributed by atoms with van der Waals surface area (Å²) in [4.78, 5) is 77.9. The van der Waals surface area contributed by atoms with E-state index in [1.165, 1.54) is 11.3 Å². The molecule has 4 N–H and O–H groups in total. The lowest BCUT2D eigenvalue weighted by Crippen LogP contribution is -2.47. The number of amides is 4. The van der Waals surface area contributed by atoms with Gasteiger partial charge in [0.1, 0.15) is 11.6 Å². The van der Waals surface area contributed by atoms with E-state index in [9.17, 15) is 29.1 Å². The first-order valence-corrected chi connectivity index (χ1v) is 26.6. The number of carbonyl (C=O) groups excluding carboxylic acids is 4. The molecule has 2 aromatic heterocycles. The van der Waals surface area contributed by atoms with Gasteiger partial charge in [0.15, 0.2) is 10.8 Å². The molecule has 4 amide bonds. The Morgan fingerprint density at radius 3 is 2.46 bits per heavy atom. The van der Waals surface area contributed by atoms with Gasteiger partial charge in [-0.1, -0.05) is 47.7 Å². The van der Waals surface area contributed by atoms with Gasteiger partial charge in [-0.05, 0) is 166 Å².